The first-order valence-electron chi connectivity index (χ1n) is 28.5. The maximum Gasteiger partial charge on any atom is 0.329 e. The molecule has 0 radical (unpaired) electrons. The number of carbonyl (C=O) groups is 4. The van der Waals surface area contributed by atoms with Crippen LogP contribution in [0.15, 0.2) is 47.6 Å². The van der Waals surface area contributed by atoms with Crippen molar-refractivity contribution in [3.63, 3.8) is 0 Å². The van der Waals surface area contributed by atoms with Gasteiger partial charge in [0.2, 0.25) is 5.79 Å². The van der Waals surface area contributed by atoms with E-state index in [-0.39, 0.29) is 84.8 Å². The number of carbonyl (C=O) groups excluding carboxylic acids is 4. The van der Waals surface area contributed by atoms with Gasteiger partial charge in [-0.05, 0) is 127 Å². The van der Waals surface area contributed by atoms with Crippen LogP contribution in [0.2, 0.25) is 0 Å². The van der Waals surface area contributed by atoms with E-state index < -0.39 is 72.0 Å². The quantitative estimate of drug-likeness (QED) is 0.176. The fourth-order valence-electron chi connectivity index (χ4n) is 12.4. The summed E-state index contributed by atoms with van der Waals surface area (Å²) in [5.41, 5.74) is 0.874. The van der Waals surface area contributed by atoms with Gasteiger partial charge in [0, 0.05) is 64.9 Å². The van der Waals surface area contributed by atoms with E-state index >= 15 is 0 Å². The summed E-state index contributed by atoms with van der Waals surface area (Å²) >= 11 is 0. The highest BCUT2D eigenvalue weighted by Crippen LogP contribution is 2.42. The molecule has 4 fully saturated rings. The minimum atomic E-state index is -2.24. The van der Waals surface area contributed by atoms with E-state index in [0.29, 0.717) is 56.9 Å². The maximum atomic E-state index is 14.7. The van der Waals surface area contributed by atoms with Crippen LogP contribution in [-0.2, 0) is 52.3 Å². The molecule has 3 saturated heterocycles. The van der Waals surface area contributed by atoms with E-state index in [0.717, 1.165) is 37.7 Å². The number of ketones is 2. The second kappa shape index (κ2) is 28.7. The number of hydrogen-bond donors (Lipinski definition) is 3. The van der Waals surface area contributed by atoms with Crippen LogP contribution < -0.4 is 0 Å². The first kappa shape index (κ1) is 62.7. The summed E-state index contributed by atoms with van der Waals surface area (Å²) in [5.74, 6) is -6.11. The van der Waals surface area contributed by atoms with Gasteiger partial charge in [-0.3, -0.25) is 14.4 Å². The number of esters is 1. The number of rotatable bonds is 10. The average Bonchev–Trinajstić information content (AvgIpc) is 3.72. The zero-order chi connectivity index (χ0) is 55.4. The Labute approximate surface area is 449 Å². The number of nitrogens with zero attached hydrogens (tertiary/aromatic N) is 1. The Morgan fingerprint density at radius 3 is 2.24 bits per heavy atom. The minimum absolute atomic E-state index is 0.0269. The molecule has 15 heteroatoms. The lowest BCUT2D eigenvalue weighted by Gasteiger charge is -2.46. The molecule has 0 aromatic rings. The van der Waals surface area contributed by atoms with E-state index in [1.165, 1.54) is 12.0 Å². The Morgan fingerprint density at radius 2 is 1.57 bits per heavy atom. The summed E-state index contributed by atoms with van der Waals surface area (Å²) in [6, 6.07) is -1.08. The van der Waals surface area contributed by atoms with Crippen LogP contribution in [0, 0.1) is 35.5 Å². The van der Waals surface area contributed by atoms with E-state index in [1.807, 2.05) is 58.1 Å². The zero-order valence-electron chi connectivity index (χ0n) is 47.9. The smallest absolute Gasteiger partial charge is 0.329 e. The fraction of sp³-hybridized carbons (Fsp3) is 0.800. The van der Waals surface area contributed by atoms with Crippen molar-refractivity contribution in [3.05, 3.63) is 47.6 Å². The molecule has 5 rings (SSSR count). The van der Waals surface area contributed by atoms with Crippen LogP contribution in [0.25, 0.3) is 0 Å². The van der Waals surface area contributed by atoms with Crippen LogP contribution in [0.1, 0.15) is 166 Å². The maximum absolute atomic E-state index is 14.7. The summed E-state index contributed by atoms with van der Waals surface area (Å²) in [6.45, 7) is 19.5. The van der Waals surface area contributed by atoms with E-state index in [1.54, 1.807) is 41.1 Å². The van der Waals surface area contributed by atoms with Gasteiger partial charge in [0.25, 0.3) is 5.91 Å². The lowest BCUT2D eigenvalue weighted by molar-refractivity contribution is -0.317. The minimum Gasteiger partial charge on any atom is -0.460 e. The van der Waals surface area contributed by atoms with Crippen LogP contribution in [0.5, 0.6) is 0 Å². The predicted molar refractivity (Wildman–Crippen MR) is 287 cm³/mol. The summed E-state index contributed by atoms with van der Waals surface area (Å²) in [4.78, 5) is 58.8. The number of cyclic esters (lactones) is 1. The molecule has 1 amide bonds. The van der Waals surface area contributed by atoms with Gasteiger partial charge in [-0.25, -0.2) is 4.79 Å². The largest absolute Gasteiger partial charge is 0.460 e. The highest BCUT2D eigenvalue weighted by molar-refractivity contribution is 5.95. The van der Waals surface area contributed by atoms with Gasteiger partial charge in [0.05, 0.1) is 48.3 Å². The number of fused-ring (bicyclic) bond motifs is 3. The molecule has 15 nitrogen and oxygen atoms in total. The monoisotopic (exact) mass is 1060 g/mol. The number of Topliss-reactive ketones (excluding diaryl/α,β-unsaturated/α-hetero) is 2. The SMILES string of the molecule is CCC1CC(OC2CCC(CC(C)C3CC(=O)/C(C)=C/C(C)C(O)C(OC)C(=O)C(C)CC(C)C=CC=CC=C(C)C(OC)CC4CCC(C)C(O)(O4)C(O)C(=O)N4CCCCC4C(=O)O3)CC2OC)C(C)(CC)O1. The molecule has 19 atom stereocenters. The molecule has 19 unspecified atom stereocenters. The van der Waals surface area contributed by atoms with Crippen molar-refractivity contribution in [1.82, 2.24) is 4.90 Å². The van der Waals surface area contributed by atoms with Gasteiger partial charge in [-0.1, -0.05) is 84.9 Å². The first-order chi connectivity index (χ1) is 35.5. The molecular weight excluding hydrogens is 959 g/mol. The number of methoxy groups -OCH3 is 3. The Kier molecular flexibility index (Phi) is 24.0. The number of amides is 1. The molecule has 2 bridgehead atoms. The third-order valence-electron chi connectivity index (χ3n) is 17.7. The van der Waals surface area contributed by atoms with Crippen LogP contribution in [0.4, 0.5) is 0 Å². The van der Waals surface area contributed by atoms with E-state index in [9.17, 15) is 34.5 Å². The normalized spacial score (nSPS) is 41.1. The summed E-state index contributed by atoms with van der Waals surface area (Å²) < 4.78 is 43.7. The lowest BCUT2D eigenvalue weighted by Crippen LogP contribution is -2.63. The van der Waals surface area contributed by atoms with E-state index in [4.69, 9.17) is 33.2 Å². The molecule has 426 valence electrons. The highest BCUT2D eigenvalue weighted by atomic mass is 16.6. The third-order valence-corrected chi connectivity index (χ3v) is 17.7. The van der Waals surface area contributed by atoms with Crippen molar-refractivity contribution < 1.29 is 67.7 Å². The van der Waals surface area contributed by atoms with E-state index in [2.05, 4.69) is 20.8 Å². The molecule has 75 heavy (non-hydrogen) atoms. The standard InChI is InChI=1S/C60H97NO14/c1-14-44-34-52(59(10,15-2)74-44)72-48-27-25-43(32-51(48)70-12)31-39(6)50-35-47(62)38(5)30-41(8)54(64)55(71-13)53(63)40(7)29-36(3)21-17-16-18-22-37(4)49(69-11)33-45-26-24-42(9)60(68,75-45)56(65)57(66)61-28-20-19-23-46(61)58(67)73-50/h16-18,21-22,30,36,39-46,48-52,54-56,64-65,68H,14-15,19-20,23-29,31-35H2,1-13H3/b18-16?,21-17?,37-22?,38-30+. The van der Waals surface area contributed by atoms with Crippen molar-refractivity contribution in [2.24, 2.45) is 35.5 Å². The van der Waals surface area contributed by atoms with Crippen LogP contribution in [-0.4, -0.2) is 150 Å². The number of piperidine rings is 1. The Bertz CT molecular complexity index is 2000. The van der Waals surface area contributed by atoms with Gasteiger partial charge in [-0.2, -0.15) is 0 Å². The van der Waals surface area contributed by atoms with Gasteiger partial charge < -0.3 is 53.4 Å². The number of ether oxygens (including phenoxy) is 7. The Morgan fingerprint density at radius 1 is 0.840 bits per heavy atom. The highest BCUT2D eigenvalue weighted by Gasteiger charge is 2.53. The first-order valence-corrected chi connectivity index (χ1v) is 28.5. The number of aliphatic hydroxyl groups is 3. The summed E-state index contributed by atoms with van der Waals surface area (Å²) in [7, 11) is 4.72. The third kappa shape index (κ3) is 16.0. The number of hydrogen-bond acceptors (Lipinski definition) is 14. The molecule has 1 saturated carbocycles. The Hall–Kier alpha value is -3.12. The lowest BCUT2D eigenvalue weighted by atomic mass is 9.78. The average molecular weight is 1060 g/mol. The molecule has 0 aromatic heterocycles. The summed E-state index contributed by atoms with van der Waals surface area (Å²) in [6.07, 6.45) is 13.7. The Balaban J connectivity index is 1.44. The molecule has 0 spiro atoms. The second-order valence-electron chi connectivity index (χ2n) is 23.4. The van der Waals surface area contributed by atoms with Crippen molar-refractivity contribution in [3.8, 4) is 0 Å². The van der Waals surface area contributed by atoms with Crippen LogP contribution in [0.3, 0.4) is 0 Å². The van der Waals surface area contributed by atoms with Gasteiger partial charge in [-0.15, -0.1) is 0 Å². The summed E-state index contributed by atoms with van der Waals surface area (Å²) in [5, 5.41) is 35.7. The molecule has 3 N–H and O–H groups in total. The van der Waals surface area contributed by atoms with Gasteiger partial charge >= 0.3 is 5.97 Å². The number of allylic oxidation sites excluding steroid dienone is 6. The predicted octanol–water partition coefficient (Wildman–Crippen LogP) is 8.73. The molecule has 1 aliphatic carbocycles. The van der Waals surface area contributed by atoms with Crippen molar-refractivity contribution >= 4 is 23.4 Å². The topological polar surface area (TPSA) is 197 Å². The van der Waals surface area contributed by atoms with Crippen molar-refractivity contribution in [2.75, 3.05) is 27.9 Å². The second-order valence-corrected chi connectivity index (χ2v) is 23.4. The van der Waals surface area contributed by atoms with Crippen LogP contribution >= 0.6 is 0 Å². The molecule has 0 aromatic carbocycles. The van der Waals surface area contributed by atoms with Crippen molar-refractivity contribution in [1.29, 1.82) is 0 Å². The fourth-order valence-corrected chi connectivity index (χ4v) is 12.4. The molecular formula is C60H97NO14. The molecule has 5 aliphatic rings. The molecule has 4 aliphatic heterocycles. The zero-order valence-corrected chi connectivity index (χ0v) is 47.9. The van der Waals surface area contributed by atoms with Gasteiger partial charge in [0.1, 0.15) is 18.2 Å². The van der Waals surface area contributed by atoms with Gasteiger partial charge in [0.15, 0.2) is 17.7 Å². The molecule has 4 heterocycles. The van der Waals surface area contributed by atoms with Crippen molar-refractivity contribution in [2.45, 2.75) is 244 Å². The number of aliphatic hydroxyl groups excluding tert-OH is 2.